The van der Waals surface area contributed by atoms with Crippen LogP contribution in [-0.2, 0) is 0 Å². The van der Waals surface area contributed by atoms with Gasteiger partial charge in [-0.25, -0.2) is 4.39 Å². The van der Waals surface area contributed by atoms with Gasteiger partial charge in [-0.15, -0.1) is 0 Å². The van der Waals surface area contributed by atoms with Crippen LogP contribution in [-0.4, -0.2) is 32.1 Å². The summed E-state index contributed by atoms with van der Waals surface area (Å²) in [5.41, 5.74) is 6.62. The highest BCUT2D eigenvalue weighted by molar-refractivity contribution is 6.06. The minimum absolute atomic E-state index is 0.213. The second kappa shape index (κ2) is 8.94. The maximum Gasteiger partial charge on any atom is 0.255 e. The summed E-state index contributed by atoms with van der Waals surface area (Å²) in [6.07, 6.45) is 6.02. The molecule has 4 nitrogen and oxygen atoms in total. The molecule has 0 unspecified atom stereocenters. The van der Waals surface area contributed by atoms with Crippen LogP contribution in [0.1, 0.15) is 45.5 Å². The summed E-state index contributed by atoms with van der Waals surface area (Å²) < 4.78 is 15.0. The molecule has 0 saturated heterocycles. The summed E-state index contributed by atoms with van der Waals surface area (Å²) in [7, 11) is 0. The second-order valence-corrected chi connectivity index (χ2v) is 7.95. The fourth-order valence-corrected chi connectivity index (χ4v) is 4.13. The number of carbonyl (C=O) groups excluding carboxylic acids is 1. The lowest BCUT2D eigenvalue weighted by molar-refractivity contribution is 0.102. The fraction of sp³-hybridized carbons (Fsp3) is 0.320. The van der Waals surface area contributed by atoms with E-state index in [0.29, 0.717) is 22.4 Å². The first-order valence-electron chi connectivity index (χ1n) is 10.6. The van der Waals surface area contributed by atoms with Crippen molar-refractivity contribution in [2.24, 2.45) is 0 Å². The number of amides is 1. The van der Waals surface area contributed by atoms with Crippen LogP contribution < -0.4 is 16.0 Å². The smallest absolute Gasteiger partial charge is 0.255 e. The van der Waals surface area contributed by atoms with Crippen molar-refractivity contribution in [2.45, 2.75) is 26.7 Å². The number of hydrogen-bond acceptors (Lipinski definition) is 3. The van der Waals surface area contributed by atoms with Gasteiger partial charge < -0.3 is 16.0 Å². The summed E-state index contributed by atoms with van der Waals surface area (Å²) in [4.78, 5) is 12.9. The van der Waals surface area contributed by atoms with Crippen LogP contribution in [0.2, 0.25) is 0 Å². The lowest BCUT2D eigenvalue weighted by Crippen LogP contribution is -2.20. The van der Waals surface area contributed by atoms with E-state index in [1.54, 1.807) is 19.1 Å². The van der Waals surface area contributed by atoms with Crippen molar-refractivity contribution in [3.05, 3.63) is 76.1 Å². The molecular weight excluding hydrogens is 377 g/mol. The third-order valence-corrected chi connectivity index (χ3v) is 5.95. The molecule has 3 N–H and O–H groups in total. The molecule has 30 heavy (non-hydrogen) atoms. The number of rotatable bonds is 4. The molecule has 0 spiro atoms. The van der Waals surface area contributed by atoms with Crippen molar-refractivity contribution < 1.29 is 9.18 Å². The van der Waals surface area contributed by atoms with Crippen LogP contribution in [0.5, 0.6) is 0 Å². The Labute approximate surface area is 177 Å². The summed E-state index contributed by atoms with van der Waals surface area (Å²) >= 11 is 0. The van der Waals surface area contributed by atoms with E-state index < -0.39 is 0 Å². The Morgan fingerprint density at radius 3 is 2.30 bits per heavy atom. The van der Waals surface area contributed by atoms with Crippen LogP contribution in [0.3, 0.4) is 0 Å². The Bertz CT molecular complexity index is 1040. The van der Waals surface area contributed by atoms with E-state index in [-0.39, 0.29) is 11.7 Å². The number of halogens is 1. The summed E-state index contributed by atoms with van der Waals surface area (Å²) in [6.45, 7) is 7.13. The molecule has 0 atom stereocenters. The Hall–Kier alpha value is -2.76. The highest BCUT2D eigenvalue weighted by Gasteiger charge is 2.17. The number of nitrogens with one attached hydrogen (secondary N) is 3. The first-order chi connectivity index (χ1) is 14.5. The van der Waals surface area contributed by atoms with Crippen molar-refractivity contribution in [3.8, 4) is 0 Å². The molecule has 0 aromatic heterocycles. The van der Waals surface area contributed by atoms with Gasteiger partial charge >= 0.3 is 0 Å². The van der Waals surface area contributed by atoms with Crippen molar-refractivity contribution in [1.29, 1.82) is 0 Å². The third kappa shape index (κ3) is 4.23. The van der Waals surface area contributed by atoms with Gasteiger partial charge in [0.15, 0.2) is 0 Å². The van der Waals surface area contributed by atoms with Crippen molar-refractivity contribution in [2.75, 3.05) is 31.5 Å². The van der Waals surface area contributed by atoms with Crippen molar-refractivity contribution >= 4 is 22.7 Å². The van der Waals surface area contributed by atoms with E-state index in [0.717, 1.165) is 55.7 Å². The first kappa shape index (κ1) is 20.5. The van der Waals surface area contributed by atoms with Gasteiger partial charge in [0.05, 0.1) is 0 Å². The molecule has 2 heterocycles. The molecular formula is C25H28FN3O. The van der Waals surface area contributed by atoms with Crippen LogP contribution in [0.25, 0.3) is 11.1 Å². The molecule has 0 radical (unpaired) electrons. The minimum Gasteiger partial charge on any atom is -0.322 e. The van der Waals surface area contributed by atoms with Crippen molar-refractivity contribution in [3.63, 3.8) is 0 Å². The normalized spacial score (nSPS) is 16.6. The van der Waals surface area contributed by atoms with E-state index in [1.165, 1.54) is 5.57 Å². The number of anilines is 1. The largest absolute Gasteiger partial charge is 0.322 e. The minimum atomic E-state index is -0.258. The van der Waals surface area contributed by atoms with E-state index in [1.807, 2.05) is 25.1 Å². The van der Waals surface area contributed by atoms with E-state index in [2.05, 4.69) is 28.1 Å². The van der Waals surface area contributed by atoms with Crippen LogP contribution in [0, 0.1) is 19.7 Å². The molecule has 4 rings (SSSR count). The van der Waals surface area contributed by atoms with Gasteiger partial charge in [0.2, 0.25) is 0 Å². The van der Waals surface area contributed by atoms with Gasteiger partial charge in [-0.1, -0.05) is 24.3 Å². The van der Waals surface area contributed by atoms with Gasteiger partial charge in [-0.05, 0) is 80.3 Å². The number of hydrogen-bond donors (Lipinski definition) is 3. The fourth-order valence-electron chi connectivity index (χ4n) is 4.13. The monoisotopic (exact) mass is 405 g/mol. The quantitative estimate of drug-likeness (QED) is 0.705. The summed E-state index contributed by atoms with van der Waals surface area (Å²) in [5, 5.41) is 9.46. The van der Waals surface area contributed by atoms with Crippen LogP contribution in [0.15, 0.2) is 42.5 Å². The average molecular weight is 406 g/mol. The summed E-state index contributed by atoms with van der Waals surface area (Å²) in [5.74, 6) is -0.472. The van der Waals surface area contributed by atoms with E-state index in [4.69, 9.17) is 0 Å². The van der Waals surface area contributed by atoms with Gasteiger partial charge in [-0.3, -0.25) is 4.79 Å². The van der Waals surface area contributed by atoms with Crippen LogP contribution in [0.4, 0.5) is 10.1 Å². The molecule has 156 valence electrons. The predicted molar refractivity (Wildman–Crippen MR) is 121 cm³/mol. The molecule has 2 aliphatic heterocycles. The Balaban J connectivity index is 1.54. The highest BCUT2D eigenvalue weighted by atomic mass is 19.1. The standard InChI is InChI=1S/C25H28FN3O/c1-16-15-20(18-7-11-27-12-8-18)3-4-21(16)25(30)29-23-6-5-22(24(26)17(23)2)19-9-13-28-14-10-19/h3-7,9,15,27-28H,8,10-14H2,1-2H3,(H,29,30). The Morgan fingerprint density at radius 1 is 0.967 bits per heavy atom. The van der Waals surface area contributed by atoms with Gasteiger partial charge in [0.1, 0.15) is 5.82 Å². The SMILES string of the molecule is Cc1cc(C2=CCNCC2)ccc1C(=O)Nc1ccc(C2=CCNCC2)c(F)c1C. The lowest BCUT2D eigenvalue weighted by Gasteiger charge is -2.18. The maximum absolute atomic E-state index is 15.0. The maximum atomic E-state index is 15.0. The van der Waals surface area contributed by atoms with Gasteiger partial charge in [-0.2, -0.15) is 0 Å². The topological polar surface area (TPSA) is 53.2 Å². The van der Waals surface area contributed by atoms with Gasteiger partial charge in [0.25, 0.3) is 5.91 Å². The second-order valence-electron chi connectivity index (χ2n) is 7.95. The molecule has 0 bridgehead atoms. The zero-order chi connectivity index (χ0) is 21.1. The van der Waals surface area contributed by atoms with E-state index in [9.17, 15) is 4.79 Å². The molecule has 0 saturated carbocycles. The Kier molecular flexibility index (Phi) is 6.11. The number of aryl methyl sites for hydroxylation is 1. The molecule has 0 aliphatic carbocycles. The highest BCUT2D eigenvalue weighted by Crippen LogP contribution is 2.29. The zero-order valence-electron chi connectivity index (χ0n) is 17.6. The van der Waals surface area contributed by atoms with Gasteiger partial charge in [0, 0.05) is 35.5 Å². The number of carbonyl (C=O) groups is 1. The van der Waals surface area contributed by atoms with E-state index >= 15 is 4.39 Å². The first-order valence-corrected chi connectivity index (χ1v) is 10.6. The molecule has 0 fully saturated rings. The zero-order valence-corrected chi connectivity index (χ0v) is 17.6. The third-order valence-electron chi connectivity index (χ3n) is 5.95. The average Bonchev–Trinajstić information content (AvgIpc) is 2.78. The van der Waals surface area contributed by atoms with Crippen LogP contribution >= 0.6 is 0 Å². The molecule has 5 heteroatoms. The van der Waals surface area contributed by atoms with Crippen molar-refractivity contribution in [1.82, 2.24) is 10.6 Å². The lowest BCUT2D eigenvalue weighted by atomic mass is 9.95. The molecule has 2 aromatic carbocycles. The Morgan fingerprint density at radius 2 is 1.67 bits per heavy atom. The molecule has 2 aromatic rings. The molecule has 2 aliphatic rings. The molecule has 1 amide bonds. The predicted octanol–water partition coefficient (Wildman–Crippen LogP) is 4.45. The number of benzene rings is 2. The summed E-state index contributed by atoms with van der Waals surface area (Å²) in [6, 6.07) is 9.50.